The van der Waals surface area contributed by atoms with Crippen LogP contribution in [0.4, 0.5) is 0 Å². The molecule has 4 heteroatoms. The summed E-state index contributed by atoms with van der Waals surface area (Å²) in [7, 11) is 0. The van der Waals surface area contributed by atoms with Gasteiger partial charge in [0.2, 0.25) is 0 Å². The van der Waals surface area contributed by atoms with E-state index in [-0.39, 0.29) is 6.10 Å². The van der Waals surface area contributed by atoms with E-state index in [2.05, 4.69) is 16.5 Å². The van der Waals surface area contributed by atoms with Crippen molar-refractivity contribution in [3.8, 4) is 5.75 Å². The smallest absolute Gasteiger partial charge is 0.124 e. The molecule has 1 aromatic heterocycles. The summed E-state index contributed by atoms with van der Waals surface area (Å²) in [4.78, 5) is 4.52. The first-order valence-corrected chi connectivity index (χ1v) is 6.41. The minimum Gasteiger partial charge on any atom is -0.491 e. The van der Waals surface area contributed by atoms with Crippen LogP contribution in [-0.4, -0.2) is 15.7 Å². The summed E-state index contributed by atoms with van der Waals surface area (Å²) in [5, 5.41) is 0. The van der Waals surface area contributed by atoms with Gasteiger partial charge in [0.05, 0.1) is 23.0 Å². The van der Waals surface area contributed by atoms with Crippen LogP contribution in [0.15, 0.2) is 18.2 Å². The van der Waals surface area contributed by atoms with E-state index in [1.54, 1.807) is 0 Å². The standard InChI is InChI=1S/C13H17ClN2O/c1-4-16-12-6-5-10(17-9(2)3)7-11(12)15-13(16)8-14/h5-7,9H,4,8H2,1-3H3. The van der Waals surface area contributed by atoms with Crippen LogP contribution in [0, 0.1) is 0 Å². The number of ether oxygens (including phenoxy) is 1. The molecule has 1 aromatic carbocycles. The Hall–Kier alpha value is -1.22. The fourth-order valence-corrected chi connectivity index (χ4v) is 2.16. The molecule has 0 fully saturated rings. The predicted molar refractivity (Wildman–Crippen MR) is 70.7 cm³/mol. The number of aryl methyl sites for hydroxylation is 1. The number of hydrogen-bond donors (Lipinski definition) is 0. The maximum Gasteiger partial charge on any atom is 0.124 e. The second-order valence-electron chi connectivity index (χ2n) is 4.22. The highest BCUT2D eigenvalue weighted by Gasteiger charge is 2.09. The molecule has 0 aliphatic heterocycles. The lowest BCUT2D eigenvalue weighted by Crippen LogP contribution is -2.05. The topological polar surface area (TPSA) is 27.1 Å². The van der Waals surface area contributed by atoms with Gasteiger partial charge < -0.3 is 9.30 Å². The zero-order valence-electron chi connectivity index (χ0n) is 10.4. The monoisotopic (exact) mass is 252 g/mol. The third-order valence-electron chi connectivity index (χ3n) is 2.61. The Kier molecular flexibility index (Phi) is 3.57. The number of benzene rings is 1. The van der Waals surface area contributed by atoms with E-state index in [4.69, 9.17) is 16.3 Å². The molecule has 3 nitrogen and oxygen atoms in total. The predicted octanol–water partition coefficient (Wildman–Crippen LogP) is 3.58. The molecule has 2 aromatic rings. The molecular weight excluding hydrogens is 236 g/mol. The Morgan fingerprint density at radius 2 is 2.18 bits per heavy atom. The first-order chi connectivity index (χ1) is 8.15. The number of halogens is 1. The molecule has 1 heterocycles. The SMILES string of the molecule is CCn1c(CCl)nc2cc(OC(C)C)ccc21. The van der Waals surface area contributed by atoms with Crippen LogP contribution in [0.5, 0.6) is 5.75 Å². The lowest BCUT2D eigenvalue weighted by Gasteiger charge is -2.09. The minimum absolute atomic E-state index is 0.174. The molecule has 92 valence electrons. The highest BCUT2D eigenvalue weighted by atomic mass is 35.5. The lowest BCUT2D eigenvalue weighted by atomic mass is 10.3. The van der Waals surface area contributed by atoms with Crippen LogP contribution in [0.25, 0.3) is 11.0 Å². The molecule has 0 saturated heterocycles. The van der Waals surface area contributed by atoms with Gasteiger partial charge in [-0.05, 0) is 32.9 Å². The number of aromatic nitrogens is 2. The van der Waals surface area contributed by atoms with E-state index in [0.29, 0.717) is 5.88 Å². The van der Waals surface area contributed by atoms with Gasteiger partial charge in [-0.3, -0.25) is 0 Å². The molecule has 0 atom stereocenters. The Balaban J connectivity index is 2.48. The van der Waals surface area contributed by atoms with Crippen molar-refractivity contribution in [2.24, 2.45) is 0 Å². The normalized spacial score (nSPS) is 11.4. The molecule has 0 aliphatic carbocycles. The van der Waals surface area contributed by atoms with Crippen LogP contribution in [0.3, 0.4) is 0 Å². The number of hydrogen-bond acceptors (Lipinski definition) is 2. The molecule has 17 heavy (non-hydrogen) atoms. The van der Waals surface area contributed by atoms with Gasteiger partial charge in [-0.15, -0.1) is 11.6 Å². The van der Waals surface area contributed by atoms with E-state index in [0.717, 1.165) is 29.2 Å². The van der Waals surface area contributed by atoms with Gasteiger partial charge >= 0.3 is 0 Å². The molecule has 0 saturated carbocycles. The van der Waals surface area contributed by atoms with E-state index in [9.17, 15) is 0 Å². The summed E-state index contributed by atoms with van der Waals surface area (Å²) in [6, 6.07) is 5.99. The Morgan fingerprint density at radius 3 is 2.76 bits per heavy atom. The summed E-state index contributed by atoms with van der Waals surface area (Å²) >= 11 is 5.89. The maximum absolute atomic E-state index is 5.89. The summed E-state index contributed by atoms with van der Waals surface area (Å²) in [5.41, 5.74) is 2.06. The van der Waals surface area contributed by atoms with Gasteiger partial charge in [0.15, 0.2) is 0 Å². The molecule has 0 bridgehead atoms. The van der Waals surface area contributed by atoms with Gasteiger partial charge in [-0.25, -0.2) is 4.98 Å². The van der Waals surface area contributed by atoms with Crippen molar-refractivity contribution in [2.45, 2.75) is 39.3 Å². The molecule has 2 rings (SSSR count). The van der Waals surface area contributed by atoms with Gasteiger partial charge in [0.1, 0.15) is 11.6 Å². The van der Waals surface area contributed by atoms with Crippen molar-refractivity contribution in [2.75, 3.05) is 0 Å². The quantitative estimate of drug-likeness (QED) is 0.778. The number of imidazole rings is 1. The van der Waals surface area contributed by atoms with Gasteiger partial charge in [0, 0.05) is 12.6 Å². The zero-order valence-corrected chi connectivity index (χ0v) is 11.2. The first-order valence-electron chi connectivity index (χ1n) is 5.87. The maximum atomic E-state index is 5.89. The Morgan fingerprint density at radius 1 is 1.41 bits per heavy atom. The third kappa shape index (κ3) is 2.39. The van der Waals surface area contributed by atoms with E-state index in [1.807, 2.05) is 32.0 Å². The van der Waals surface area contributed by atoms with E-state index >= 15 is 0 Å². The average Bonchev–Trinajstić information content (AvgIpc) is 2.64. The number of nitrogens with zero attached hydrogens (tertiary/aromatic N) is 2. The second kappa shape index (κ2) is 4.96. The first kappa shape index (κ1) is 12.2. The summed E-state index contributed by atoms with van der Waals surface area (Å²) < 4.78 is 7.78. The van der Waals surface area contributed by atoms with Crippen LogP contribution >= 0.6 is 11.6 Å². The van der Waals surface area contributed by atoms with Crippen LogP contribution < -0.4 is 4.74 Å². The fourth-order valence-electron chi connectivity index (χ4n) is 1.96. The lowest BCUT2D eigenvalue weighted by molar-refractivity contribution is 0.242. The minimum atomic E-state index is 0.174. The Bertz CT molecular complexity index is 519. The highest BCUT2D eigenvalue weighted by Crippen LogP contribution is 2.23. The molecule has 0 N–H and O–H groups in total. The molecular formula is C13H17ClN2O. The highest BCUT2D eigenvalue weighted by molar-refractivity contribution is 6.16. The van der Waals surface area contributed by atoms with Crippen molar-refractivity contribution >= 4 is 22.6 Å². The van der Waals surface area contributed by atoms with Gasteiger partial charge in [-0.2, -0.15) is 0 Å². The van der Waals surface area contributed by atoms with Crippen molar-refractivity contribution in [3.63, 3.8) is 0 Å². The van der Waals surface area contributed by atoms with Crippen molar-refractivity contribution in [1.29, 1.82) is 0 Å². The van der Waals surface area contributed by atoms with Crippen LogP contribution in [0.2, 0.25) is 0 Å². The van der Waals surface area contributed by atoms with Crippen LogP contribution in [-0.2, 0) is 12.4 Å². The van der Waals surface area contributed by atoms with E-state index in [1.165, 1.54) is 0 Å². The van der Waals surface area contributed by atoms with Gasteiger partial charge in [0.25, 0.3) is 0 Å². The summed E-state index contributed by atoms with van der Waals surface area (Å²) in [5.74, 6) is 2.20. The van der Waals surface area contributed by atoms with Crippen LogP contribution in [0.1, 0.15) is 26.6 Å². The fraction of sp³-hybridized carbons (Fsp3) is 0.462. The molecule has 0 aliphatic rings. The van der Waals surface area contributed by atoms with Gasteiger partial charge in [-0.1, -0.05) is 0 Å². The van der Waals surface area contributed by atoms with E-state index < -0.39 is 0 Å². The molecule has 0 radical (unpaired) electrons. The molecule has 0 spiro atoms. The molecule has 0 amide bonds. The third-order valence-corrected chi connectivity index (χ3v) is 2.85. The zero-order chi connectivity index (χ0) is 12.4. The largest absolute Gasteiger partial charge is 0.491 e. The average molecular weight is 253 g/mol. The van der Waals surface area contributed by atoms with Crippen molar-refractivity contribution < 1.29 is 4.74 Å². The molecule has 0 unspecified atom stereocenters. The summed E-state index contributed by atoms with van der Waals surface area (Å²) in [6.07, 6.45) is 0.174. The number of rotatable bonds is 4. The second-order valence-corrected chi connectivity index (χ2v) is 4.49. The Labute approximate surface area is 106 Å². The van der Waals surface area contributed by atoms with Crippen molar-refractivity contribution in [3.05, 3.63) is 24.0 Å². The van der Waals surface area contributed by atoms with Crippen molar-refractivity contribution in [1.82, 2.24) is 9.55 Å². The number of fused-ring (bicyclic) bond motifs is 1. The summed E-state index contributed by atoms with van der Waals surface area (Å²) in [6.45, 7) is 7.00. The number of alkyl halides is 1.